The van der Waals surface area contributed by atoms with Gasteiger partial charge in [-0.25, -0.2) is 0 Å². The predicted molar refractivity (Wildman–Crippen MR) is 118 cm³/mol. The third-order valence-corrected chi connectivity index (χ3v) is 5.58. The Labute approximate surface area is 176 Å². The van der Waals surface area contributed by atoms with Crippen LogP contribution in [0.2, 0.25) is 0 Å². The summed E-state index contributed by atoms with van der Waals surface area (Å²) < 4.78 is 11.8. The molecule has 0 bridgehead atoms. The molecule has 0 amide bonds. The third-order valence-electron chi connectivity index (χ3n) is 5.58. The maximum Gasteiger partial charge on any atom is 0.155 e. The van der Waals surface area contributed by atoms with E-state index >= 15 is 0 Å². The van der Waals surface area contributed by atoms with E-state index in [-0.39, 0.29) is 0 Å². The molecule has 5 nitrogen and oxygen atoms in total. The van der Waals surface area contributed by atoms with Gasteiger partial charge in [-0.15, -0.1) is 10.2 Å². The van der Waals surface area contributed by atoms with E-state index in [1.807, 2.05) is 66.7 Å². The smallest absolute Gasteiger partial charge is 0.155 e. The van der Waals surface area contributed by atoms with Crippen molar-refractivity contribution in [2.24, 2.45) is 0 Å². The normalized spacial score (nSPS) is 14.4. The summed E-state index contributed by atoms with van der Waals surface area (Å²) in [5.74, 6) is 1.62. The zero-order valence-corrected chi connectivity index (χ0v) is 17.0. The van der Waals surface area contributed by atoms with E-state index in [0.717, 1.165) is 59.0 Å². The van der Waals surface area contributed by atoms with E-state index in [1.54, 1.807) is 0 Å². The first kappa shape index (κ1) is 18.8. The number of fused-ring (bicyclic) bond motifs is 1. The van der Waals surface area contributed by atoms with Crippen LogP contribution in [0.15, 0.2) is 71.1 Å². The zero-order valence-electron chi connectivity index (χ0n) is 17.0. The zero-order chi connectivity index (χ0) is 20.2. The van der Waals surface area contributed by atoms with Gasteiger partial charge < -0.3 is 14.1 Å². The number of rotatable bonds is 7. The Balaban J connectivity index is 1.20. The van der Waals surface area contributed by atoms with Crippen LogP contribution in [-0.2, 0) is 0 Å². The molecule has 1 saturated heterocycles. The van der Waals surface area contributed by atoms with Gasteiger partial charge in [-0.1, -0.05) is 18.2 Å². The van der Waals surface area contributed by atoms with Gasteiger partial charge >= 0.3 is 0 Å². The number of ether oxygens (including phenoxy) is 1. The SMILES string of the molecule is c1ccc2oc(-c3ccc(-c4ccc(OCCCN5CCCC5)cc4)nn3)cc2c1. The standard InChI is InChI=1S/C25H25N3O2/c1-2-7-24-20(6-1)18-25(30-24)23-13-12-22(26-27-23)19-8-10-21(11-9-19)29-17-5-16-28-14-3-4-15-28/h1-2,6-13,18H,3-5,14-17H2. The highest BCUT2D eigenvalue weighted by Gasteiger charge is 2.11. The van der Waals surface area contributed by atoms with Crippen molar-refractivity contribution in [1.29, 1.82) is 0 Å². The van der Waals surface area contributed by atoms with Gasteiger partial charge in [0.15, 0.2) is 5.76 Å². The van der Waals surface area contributed by atoms with Gasteiger partial charge in [0.1, 0.15) is 17.0 Å². The molecular formula is C25H25N3O2. The van der Waals surface area contributed by atoms with E-state index in [1.165, 1.54) is 25.9 Å². The number of aromatic nitrogens is 2. The van der Waals surface area contributed by atoms with Crippen LogP contribution in [0.5, 0.6) is 5.75 Å². The first-order valence-corrected chi connectivity index (χ1v) is 10.6. The van der Waals surface area contributed by atoms with E-state index in [9.17, 15) is 0 Å². The van der Waals surface area contributed by atoms with Gasteiger partial charge in [-0.05, 0) is 80.9 Å². The number of hydrogen-bond acceptors (Lipinski definition) is 5. The molecule has 5 rings (SSSR count). The molecule has 3 heterocycles. The molecule has 5 heteroatoms. The first-order chi connectivity index (χ1) is 14.8. The van der Waals surface area contributed by atoms with E-state index in [4.69, 9.17) is 9.15 Å². The molecule has 0 aliphatic carbocycles. The van der Waals surface area contributed by atoms with Crippen LogP contribution >= 0.6 is 0 Å². The second-order valence-electron chi connectivity index (χ2n) is 7.73. The summed E-state index contributed by atoms with van der Waals surface area (Å²) in [4.78, 5) is 2.51. The van der Waals surface area contributed by atoms with Crippen LogP contribution < -0.4 is 4.74 Å². The Hall–Kier alpha value is -3.18. The number of para-hydroxylation sites is 1. The molecule has 30 heavy (non-hydrogen) atoms. The molecule has 0 N–H and O–H groups in total. The summed E-state index contributed by atoms with van der Waals surface area (Å²) in [7, 11) is 0. The molecular weight excluding hydrogens is 374 g/mol. The van der Waals surface area contributed by atoms with Gasteiger partial charge in [-0.2, -0.15) is 0 Å². The lowest BCUT2D eigenvalue weighted by Gasteiger charge is -2.14. The average molecular weight is 399 g/mol. The van der Waals surface area contributed by atoms with E-state index in [0.29, 0.717) is 0 Å². The topological polar surface area (TPSA) is 51.4 Å². The fourth-order valence-electron chi connectivity index (χ4n) is 3.93. The van der Waals surface area contributed by atoms with Crippen molar-refractivity contribution >= 4 is 11.0 Å². The van der Waals surface area contributed by atoms with Crippen molar-refractivity contribution in [2.75, 3.05) is 26.2 Å². The quantitative estimate of drug-likeness (QED) is 0.388. The van der Waals surface area contributed by atoms with E-state index in [2.05, 4.69) is 15.1 Å². The van der Waals surface area contributed by atoms with Gasteiger partial charge in [0.2, 0.25) is 0 Å². The van der Waals surface area contributed by atoms with Crippen LogP contribution in [0.3, 0.4) is 0 Å². The number of furan rings is 1. The summed E-state index contributed by atoms with van der Waals surface area (Å²) in [5.41, 5.74) is 3.43. The Kier molecular flexibility index (Phi) is 5.44. The Morgan fingerprint density at radius 1 is 0.867 bits per heavy atom. The van der Waals surface area contributed by atoms with Crippen molar-refractivity contribution in [1.82, 2.24) is 15.1 Å². The van der Waals surface area contributed by atoms with Crippen LogP contribution in [0, 0.1) is 0 Å². The molecule has 152 valence electrons. The Morgan fingerprint density at radius 2 is 1.63 bits per heavy atom. The van der Waals surface area contributed by atoms with Crippen LogP contribution in [-0.4, -0.2) is 41.3 Å². The maximum atomic E-state index is 5.89. The van der Waals surface area contributed by atoms with Gasteiger partial charge in [0.25, 0.3) is 0 Å². The lowest BCUT2D eigenvalue weighted by atomic mass is 10.1. The average Bonchev–Trinajstić information content (AvgIpc) is 3.47. The summed E-state index contributed by atoms with van der Waals surface area (Å²) in [6.45, 7) is 4.36. The van der Waals surface area contributed by atoms with E-state index < -0.39 is 0 Å². The monoisotopic (exact) mass is 399 g/mol. The maximum absolute atomic E-state index is 5.89. The largest absolute Gasteiger partial charge is 0.494 e. The highest BCUT2D eigenvalue weighted by molar-refractivity contribution is 5.82. The van der Waals surface area contributed by atoms with Crippen molar-refractivity contribution in [2.45, 2.75) is 19.3 Å². The summed E-state index contributed by atoms with van der Waals surface area (Å²) in [5, 5.41) is 9.81. The molecule has 1 aliphatic heterocycles. The fraction of sp³-hybridized carbons (Fsp3) is 0.280. The molecule has 1 aliphatic rings. The lowest BCUT2D eigenvalue weighted by molar-refractivity contribution is 0.263. The molecule has 0 unspecified atom stereocenters. The lowest BCUT2D eigenvalue weighted by Crippen LogP contribution is -2.21. The van der Waals surface area contributed by atoms with Crippen molar-refractivity contribution in [3.63, 3.8) is 0 Å². The predicted octanol–water partition coefficient (Wildman–Crippen LogP) is 5.42. The minimum Gasteiger partial charge on any atom is -0.494 e. The first-order valence-electron chi connectivity index (χ1n) is 10.6. The van der Waals surface area contributed by atoms with Gasteiger partial charge in [0, 0.05) is 17.5 Å². The van der Waals surface area contributed by atoms with Crippen LogP contribution in [0.25, 0.3) is 33.7 Å². The van der Waals surface area contributed by atoms with Crippen molar-refractivity contribution in [3.8, 4) is 28.5 Å². The third kappa shape index (κ3) is 4.21. The fourth-order valence-corrected chi connectivity index (χ4v) is 3.93. The van der Waals surface area contributed by atoms with Crippen LogP contribution in [0.4, 0.5) is 0 Å². The summed E-state index contributed by atoms with van der Waals surface area (Å²) in [6, 6.07) is 21.9. The Morgan fingerprint density at radius 3 is 2.40 bits per heavy atom. The van der Waals surface area contributed by atoms with Gasteiger partial charge in [-0.3, -0.25) is 0 Å². The second kappa shape index (κ2) is 8.67. The molecule has 0 atom stereocenters. The van der Waals surface area contributed by atoms with Gasteiger partial charge in [0.05, 0.1) is 12.3 Å². The van der Waals surface area contributed by atoms with Crippen molar-refractivity contribution < 1.29 is 9.15 Å². The Bertz CT molecular complexity index is 1060. The highest BCUT2D eigenvalue weighted by Crippen LogP contribution is 2.27. The number of nitrogens with zero attached hydrogens (tertiary/aromatic N) is 3. The molecule has 4 aromatic rings. The molecule has 0 radical (unpaired) electrons. The number of likely N-dealkylation sites (tertiary alicyclic amines) is 1. The van der Waals surface area contributed by atoms with Crippen LogP contribution in [0.1, 0.15) is 19.3 Å². The summed E-state index contributed by atoms with van der Waals surface area (Å²) in [6.07, 6.45) is 3.74. The summed E-state index contributed by atoms with van der Waals surface area (Å²) >= 11 is 0. The molecule has 1 fully saturated rings. The molecule has 0 saturated carbocycles. The number of hydrogen-bond donors (Lipinski definition) is 0. The minimum absolute atomic E-state index is 0.730. The molecule has 2 aromatic carbocycles. The number of benzene rings is 2. The molecule has 2 aromatic heterocycles. The highest BCUT2D eigenvalue weighted by atomic mass is 16.5. The van der Waals surface area contributed by atoms with Crippen molar-refractivity contribution in [3.05, 3.63) is 66.7 Å². The minimum atomic E-state index is 0.730. The molecule has 0 spiro atoms. The second-order valence-corrected chi connectivity index (χ2v) is 7.73.